The number of hydrogen-bond donors (Lipinski definition) is 0. The van der Waals surface area contributed by atoms with Crippen molar-refractivity contribution < 1.29 is 23.6 Å². The molecular weight excluding hydrogens is 436 g/mol. The maximum atomic E-state index is 13.4. The molecule has 9 heteroatoms. The fourth-order valence-corrected chi connectivity index (χ4v) is 4.80. The average molecular weight is 465 g/mol. The first kappa shape index (κ1) is 22.2. The van der Waals surface area contributed by atoms with Gasteiger partial charge in [0.25, 0.3) is 5.91 Å². The van der Waals surface area contributed by atoms with Crippen LogP contribution in [0.25, 0.3) is 0 Å². The zero-order chi connectivity index (χ0) is 23.7. The standard InChI is InChI=1S/C25H28N4O5/c1-3-33-25(31)22-19-15-28(24(30)23-18-9-4-5-10-20(18)27-34-23)12-11-21(19)29(26-22)14-16-7-6-8-17(13-16)32-2/h6-8,13H,3-5,9-12,14-15H2,1-2H3. The molecule has 1 aromatic carbocycles. The molecule has 2 aliphatic rings. The largest absolute Gasteiger partial charge is 0.497 e. The minimum absolute atomic E-state index is 0.184. The van der Waals surface area contributed by atoms with Crippen LogP contribution in [0.3, 0.4) is 0 Å². The van der Waals surface area contributed by atoms with Crippen LogP contribution in [0.2, 0.25) is 0 Å². The molecule has 0 spiro atoms. The molecule has 0 saturated carbocycles. The van der Waals surface area contributed by atoms with E-state index in [1.54, 1.807) is 18.9 Å². The van der Waals surface area contributed by atoms with E-state index < -0.39 is 5.97 Å². The Morgan fingerprint density at radius 3 is 2.82 bits per heavy atom. The lowest BCUT2D eigenvalue weighted by atomic mass is 9.95. The summed E-state index contributed by atoms with van der Waals surface area (Å²) < 4.78 is 17.9. The van der Waals surface area contributed by atoms with Crippen LogP contribution in [0.15, 0.2) is 28.8 Å². The van der Waals surface area contributed by atoms with Crippen LogP contribution in [0.5, 0.6) is 5.75 Å². The number of amides is 1. The Labute approximate surface area is 197 Å². The third-order valence-electron chi connectivity index (χ3n) is 6.51. The van der Waals surface area contributed by atoms with Gasteiger partial charge >= 0.3 is 5.97 Å². The molecule has 34 heavy (non-hydrogen) atoms. The molecule has 1 amide bonds. The molecule has 3 aromatic rings. The second kappa shape index (κ2) is 9.32. The lowest BCUT2D eigenvalue weighted by Gasteiger charge is -2.27. The number of fused-ring (bicyclic) bond motifs is 2. The molecule has 1 aliphatic heterocycles. The highest BCUT2D eigenvalue weighted by Crippen LogP contribution is 2.29. The number of methoxy groups -OCH3 is 1. The second-order valence-electron chi connectivity index (χ2n) is 8.62. The van der Waals surface area contributed by atoms with Crippen molar-refractivity contribution in [2.45, 2.75) is 52.1 Å². The number of hydrogen-bond acceptors (Lipinski definition) is 7. The van der Waals surface area contributed by atoms with E-state index in [-0.39, 0.29) is 24.8 Å². The average Bonchev–Trinajstić information content (AvgIpc) is 3.45. The quantitative estimate of drug-likeness (QED) is 0.517. The summed E-state index contributed by atoms with van der Waals surface area (Å²) >= 11 is 0. The number of aryl methyl sites for hydroxylation is 1. The van der Waals surface area contributed by atoms with Crippen LogP contribution in [-0.2, 0) is 37.1 Å². The Morgan fingerprint density at radius 1 is 1.15 bits per heavy atom. The van der Waals surface area contributed by atoms with Crippen molar-refractivity contribution in [3.63, 3.8) is 0 Å². The van der Waals surface area contributed by atoms with Crippen molar-refractivity contribution in [3.05, 3.63) is 63.8 Å². The van der Waals surface area contributed by atoms with Gasteiger partial charge < -0.3 is 18.9 Å². The highest BCUT2D eigenvalue weighted by Gasteiger charge is 2.34. The molecule has 0 N–H and O–H groups in total. The number of esters is 1. The van der Waals surface area contributed by atoms with Crippen molar-refractivity contribution in [1.82, 2.24) is 19.8 Å². The lowest BCUT2D eigenvalue weighted by Crippen LogP contribution is -2.37. The van der Waals surface area contributed by atoms with Crippen LogP contribution >= 0.6 is 0 Å². The molecule has 5 rings (SSSR count). The molecule has 0 saturated heterocycles. The van der Waals surface area contributed by atoms with Crippen LogP contribution in [0.1, 0.15) is 68.9 Å². The fraction of sp³-hybridized carbons (Fsp3) is 0.440. The molecule has 178 valence electrons. The molecule has 0 fully saturated rings. The van der Waals surface area contributed by atoms with Gasteiger partial charge in [-0.15, -0.1) is 0 Å². The van der Waals surface area contributed by atoms with E-state index in [1.807, 2.05) is 28.9 Å². The van der Waals surface area contributed by atoms with Crippen LogP contribution in [-0.4, -0.2) is 52.0 Å². The van der Waals surface area contributed by atoms with Gasteiger partial charge in [-0.1, -0.05) is 17.3 Å². The highest BCUT2D eigenvalue weighted by atomic mass is 16.5. The van der Waals surface area contributed by atoms with Crippen molar-refractivity contribution >= 4 is 11.9 Å². The fourth-order valence-electron chi connectivity index (χ4n) is 4.80. The summed E-state index contributed by atoms with van der Waals surface area (Å²) in [6.45, 7) is 3.29. The number of aromatic nitrogens is 3. The molecule has 0 radical (unpaired) electrons. The monoisotopic (exact) mass is 464 g/mol. The Morgan fingerprint density at radius 2 is 2.00 bits per heavy atom. The zero-order valence-corrected chi connectivity index (χ0v) is 19.5. The Hall–Kier alpha value is -3.62. The lowest BCUT2D eigenvalue weighted by molar-refractivity contribution is 0.0512. The Kier molecular flexibility index (Phi) is 6.08. The predicted molar refractivity (Wildman–Crippen MR) is 122 cm³/mol. The van der Waals surface area contributed by atoms with Crippen molar-refractivity contribution in [3.8, 4) is 5.75 Å². The van der Waals surface area contributed by atoms with Gasteiger partial charge in [-0.25, -0.2) is 4.79 Å². The van der Waals surface area contributed by atoms with E-state index in [0.29, 0.717) is 25.3 Å². The van der Waals surface area contributed by atoms with Gasteiger partial charge in [0.2, 0.25) is 5.76 Å². The molecule has 9 nitrogen and oxygen atoms in total. The smallest absolute Gasteiger partial charge is 0.359 e. The van der Waals surface area contributed by atoms with E-state index >= 15 is 0 Å². The van der Waals surface area contributed by atoms with Crippen molar-refractivity contribution in [2.75, 3.05) is 20.3 Å². The van der Waals surface area contributed by atoms with E-state index in [0.717, 1.165) is 59.5 Å². The van der Waals surface area contributed by atoms with Gasteiger partial charge in [0.15, 0.2) is 5.69 Å². The predicted octanol–water partition coefficient (Wildman–Crippen LogP) is 3.18. The molecule has 0 unspecified atom stereocenters. The topological polar surface area (TPSA) is 99.7 Å². The maximum absolute atomic E-state index is 13.4. The van der Waals surface area contributed by atoms with Gasteiger partial charge in [0, 0.05) is 29.8 Å². The first-order valence-corrected chi connectivity index (χ1v) is 11.7. The summed E-state index contributed by atoms with van der Waals surface area (Å²) in [5.41, 5.74) is 4.76. The van der Waals surface area contributed by atoms with E-state index in [2.05, 4.69) is 10.3 Å². The van der Waals surface area contributed by atoms with Gasteiger partial charge in [0.1, 0.15) is 5.75 Å². The number of benzene rings is 1. The molecule has 1 aliphatic carbocycles. The summed E-state index contributed by atoms with van der Waals surface area (Å²) in [6, 6.07) is 7.75. The minimum atomic E-state index is -0.477. The highest BCUT2D eigenvalue weighted by molar-refractivity contribution is 5.94. The molecule has 2 aromatic heterocycles. The molecule has 0 bridgehead atoms. The minimum Gasteiger partial charge on any atom is -0.497 e. The van der Waals surface area contributed by atoms with Crippen molar-refractivity contribution in [1.29, 1.82) is 0 Å². The maximum Gasteiger partial charge on any atom is 0.359 e. The summed E-state index contributed by atoms with van der Waals surface area (Å²) in [5, 5.41) is 8.74. The van der Waals surface area contributed by atoms with Gasteiger partial charge in [-0.05, 0) is 50.3 Å². The number of rotatable bonds is 6. The summed E-state index contributed by atoms with van der Waals surface area (Å²) in [4.78, 5) is 27.8. The van der Waals surface area contributed by atoms with Crippen LogP contribution in [0.4, 0.5) is 0 Å². The molecule has 3 heterocycles. The zero-order valence-electron chi connectivity index (χ0n) is 19.5. The summed E-state index contributed by atoms with van der Waals surface area (Å²) in [5.74, 6) is 0.432. The van der Waals surface area contributed by atoms with E-state index in [4.69, 9.17) is 14.0 Å². The summed E-state index contributed by atoms with van der Waals surface area (Å²) in [7, 11) is 1.63. The number of ether oxygens (including phenoxy) is 2. The third-order valence-corrected chi connectivity index (χ3v) is 6.51. The van der Waals surface area contributed by atoms with Gasteiger partial charge in [-0.2, -0.15) is 5.10 Å². The first-order valence-electron chi connectivity index (χ1n) is 11.7. The van der Waals surface area contributed by atoms with Crippen molar-refractivity contribution in [2.24, 2.45) is 0 Å². The van der Waals surface area contributed by atoms with Crippen LogP contribution in [0, 0.1) is 0 Å². The van der Waals surface area contributed by atoms with Crippen LogP contribution < -0.4 is 4.74 Å². The normalized spacial score (nSPS) is 14.9. The summed E-state index contributed by atoms with van der Waals surface area (Å²) in [6.07, 6.45) is 4.33. The van der Waals surface area contributed by atoms with E-state index in [1.165, 1.54) is 0 Å². The Balaban J connectivity index is 1.45. The molecular formula is C25H28N4O5. The number of carbonyl (C=O) groups is 2. The second-order valence-corrected chi connectivity index (χ2v) is 8.62. The first-order chi connectivity index (χ1) is 16.6. The number of carbonyl (C=O) groups excluding carboxylic acids is 2. The van der Waals surface area contributed by atoms with E-state index in [9.17, 15) is 9.59 Å². The van der Waals surface area contributed by atoms with Gasteiger partial charge in [-0.3, -0.25) is 9.48 Å². The number of nitrogens with zero attached hydrogens (tertiary/aromatic N) is 4. The third kappa shape index (κ3) is 4.06. The van der Waals surface area contributed by atoms with Gasteiger partial charge in [0.05, 0.1) is 32.5 Å². The SMILES string of the molecule is CCOC(=O)c1nn(Cc2cccc(OC)c2)c2c1CN(C(=O)c1onc3c1CCCC3)CC2. The molecule has 0 atom stereocenters. The Bertz CT molecular complexity index is 1230.